The zero-order valence-electron chi connectivity index (χ0n) is 11.9. The van der Waals surface area contributed by atoms with Crippen molar-refractivity contribution in [3.05, 3.63) is 64.7 Å². The molecule has 0 radical (unpaired) electrons. The van der Waals surface area contributed by atoms with E-state index in [1.807, 2.05) is 0 Å². The molecule has 2 aromatic rings. The van der Waals surface area contributed by atoms with Gasteiger partial charge >= 0.3 is 0 Å². The van der Waals surface area contributed by atoms with Crippen LogP contribution in [0.1, 0.15) is 11.1 Å². The largest absolute Gasteiger partial charge is 0.506 e. The van der Waals surface area contributed by atoms with Crippen LogP contribution in [0.4, 0.5) is 5.69 Å². The molecule has 4 nitrogen and oxygen atoms in total. The normalized spacial score (nSPS) is 11.0. The molecular weight excluding hydrogens is 357 g/mol. The number of phenols is 1. The third-order valence-corrected chi connectivity index (χ3v) is 4.98. The number of rotatable bonds is 5. The van der Waals surface area contributed by atoms with Gasteiger partial charge in [0.15, 0.2) is 0 Å². The van der Waals surface area contributed by atoms with Crippen molar-refractivity contribution in [1.29, 1.82) is 0 Å². The van der Waals surface area contributed by atoms with Crippen molar-refractivity contribution in [1.82, 2.24) is 0 Å². The lowest BCUT2D eigenvalue weighted by molar-refractivity contribution is 0.474. The van der Waals surface area contributed by atoms with E-state index in [9.17, 15) is 13.5 Å². The monoisotopic (exact) mass is 369 g/mol. The van der Waals surface area contributed by atoms with Crippen molar-refractivity contribution in [2.45, 2.75) is 4.90 Å². The minimum Gasteiger partial charge on any atom is -0.506 e. The first kappa shape index (κ1) is 17.4. The van der Waals surface area contributed by atoms with Crippen molar-refractivity contribution in [3.63, 3.8) is 0 Å². The smallest absolute Gasteiger partial charge is 0.261 e. The molecule has 2 N–H and O–H groups in total. The second-order valence-corrected chi connectivity index (χ2v) is 7.08. The maximum atomic E-state index is 12.5. The molecule has 0 fully saturated rings. The van der Waals surface area contributed by atoms with E-state index in [-0.39, 0.29) is 26.9 Å². The van der Waals surface area contributed by atoms with Crippen molar-refractivity contribution in [3.8, 4) is 5.75 Å². The molecule has 0 spiro atoms. The van der Waals surface area contributed by atoms with Gasteiger partial charge in [-0.15, -0.1) is 0 Å². The molecule has 2 aromatic carbocycles. The molecule has 23 heavy (non-hydrogen) atoms. The molecule has 0 aromatic heterocycles. The van der Waals surface area contributed by atoms with E-state index in [0.717, 1.165) is 0 Å². The molecule has 120 valence electrons. The Balaban J connectivity index is 2.58. The van der Waals surface area contributed by atoms with E-state index in [4.69, 9.17) is 23.2 Å². The lowest BCUT2D eigenvalue weighted by Gasteiger charge is -2.15. The highest BCUT2D eigenvalue weighted by Crippen LogP contribution is 2.37. The van der Waals surface area contributed by atoms with Gasteiger partial charge in [0, 0.05) is 16.1 Å². The number of sulfonamides is 1. The summed E-state index contributed by atoms with van der Waals surface area (Å²) in [6.07, 6.45) is 2.78. The molecule has 2 rings (SSSR count). The SMILES string of the molecule is C=Cc1c(NS(=O)(=O)c2cccc(Cl)c2)cc(Cl)c(O)c1C=C. The Labute approximate surface area is 144 Å². The summed E-state index contributed by atoms with van der Waals surface area (Å²) < 4.78 is 27.4. The third-order valence-electron chi connectivity index (χ3n) is 3.09. The summed E-state index contributed by atoms with van der Waals surface area (Å²) in [5.74, 6) is -0.192. The molecular formula is C16H13Cl2NO3S. The lowest BCUT2D eigenvalue weighted by Crippen LogP contribution is -2.14. The zero-order chi connectivity index (χ0) is 17.2. The maximum Gasteiger partial charge on any atom is 0.261 e. The first-order chi connectivity index (χ1) is 10.8. The van der Waals surface area contributed by atoms with E-state index in [1.165, 1.54) is 36.4 Å². The second kappa shape index (κ2) is 6.66. The van der Waals surface area contributed by atoms with Crippen LogP contribution < -0.4 is 4.72 Å². The third kappa shape index (κ3) is 3.52. The van der Waals surface area contributed by atoms with Crippen LogP contribution in [-0.4, -0.2) is 13.5 Å². The Morgan fingerprint density at radius 1 is 1.09 bits per heavy atom. The van der Waals surface area contributed by atoms with Gasteiger partial charge in [-0.3, -0.25) is 4.72 Å². The van der Waals surface area contributed by atoms with Crippen LogP contribution in [0.15, 0.2) is 48.4 Å². The van der Waals surface area contributed by atoms with E-state index in [1.54, 1.807) is 6.07 Å². The fraction of sp³-hybridized carbons (Fsp3) is 0. The highest BCUT2D eigenvalue weighted by atomic mass is 35.5. The first-order valence-corrected chi connectivity index (χ1v) is 8.62. The Kier molecular flexibility index (Phi) is 5.04. The number of aromatic hydroxyl groups is 1. The van der Waals surface area contributed by atoms with Gasteiger partial charge in [0.2, 0.25) is 0 Å². The molecule has 0 aliphatic carbocycles. The Morgan fingerprint density at radius 2 is 1.74 bits per heavy atom. The van der Waals surface area contributed by atoms with Crippen LogP contribution in [0, 0.1) is 0 Å². The van der Waals surface area contributed by atoms with Crippen molar-refractivity contribution < 1.29 is 13.5 Å². The summed E-state index contributed by atoms with van der Waals surface area (Å²) in [4.78, 5) is 0.00404. The number of halogens is 2. The summed E-state index contributed by atoms with van der Waals surface area (Å²) in [7, 11) is -3.88. The van der Waals surface area contributed by atoms with Crippen LogP contribution >= 0.6 is 23.2 Å². The standard InChI is InChI=1S/C16H13Cl2NO3S/c1-3-12-13(4-2)16(20)14(18)9-15(12)19-23(21,22)11-7-5-6-10(17)8-11/h3-9,19-20H,1-2H2. The van der Waals surface area contributed by atoms with Crippen LogP contribution in [0.5, 0.6) is 5.75 Å². The van der Waals surface area contributed by atoms with Gasteiger partial charge in [-0.25, -0.2) is 8.42 Å². The number of benzene rings is 2. The summed E-state index contributed by atoms with van der Waals surface area (Å²) >= 11 is 11.8. The fourth-order valence-electron chi connectivity index (χ4n) is 2.02. The van der Waals surface area contributed by atoms with Gasteiger partial charge in [0.1, 0.15) is 5.75 Å². The van der Waals surface area contributed by atoms with Gasteiger partial charge in [0.25, 0.3) is 10.0 Å². The van der Waals surface area contributed by atoms with Gasteiger partial charge < -0.3 is 5.11 Å². The molecule has 0 bridgehead atoms. The summed E-state index contributed by atoms with van der Waals surface area (Å²) in [6, 6.07) is 7.16. The van der Waals surface area contributed by atoms with Crippen LogP contribution in [0.3, 0.4) is 0 Å². The van der Waals surface area contributed by atoms with Gasteiger partial charge in [-0.1, -0.05) is 54.6 Å². The molecule has 0 saturated heterocycles. The molecule has 0 unspecified atom stereocenters. The van der Waals surface area contributed by atoms with Crippen molar-refractivity contribution in [2.75, 3.05) is 4.72 Å². The predicted octanol–water partition coefficient (Wildman–Crippen LogP) is 4.79. The first-order valence-electron chi connectivity index (χ1n) is 6.39. The summed E-state index contributed by atoms with van der Waals surface area (Å²) in [5, 5.41) is 10.2. The lowest BCUT2D eigenvalue weighted by atomic mass is 10.0. The average molecular weight is 370 g/mol. The molecule has 0 saturated carbocycles. The molecule has 0 amide bonds. The molecule has 0 aliphatic rings. The highest BCUT2D eigenvalue weighted by molar-refractivity contribution is 7.92. The van der Waals surface area contributed by atoms with Crippen LogP contribution in [0.2, 0.25) is 10.0 Å². The number of nitrogens with one attached hydrogen (secondary N) is 1. The molecule has 7 heteroatoms. The summed E-state index contributed by atoms with van der Waals surface area (Å²) in [6.45, 7) is 7.22. The Morgan fingerprint density at radius 3 is 2.30 bits per heavy atom. The quantitative estimate of drug-likeness (QED) is 0.744. The second-order valence-electron chi connectivity index (χ2n) is 4.55. The summed E-state index contributed by atoms with van der Waals surface area (Å²) in [5.41, 5.74) is 0.835. The average Bonchev–Trinajstić information content (AvgIpc) is 2.50. The van der Waals surface area contributed by atoms with Gasteiger partial charge in [-0.05, 0) is 24.3 Å². The van der Waals surface area contributed by atoms with Crippen LogP contribution in [-0.2, 0) is 10.0 Å². The number of phenolic OH excluding ortho intramolecular Hbond substituents is 1. The van der Waals surface area contributed by atoms with Gasteiger partial charge in [0.05, 0.1) is 15.6 Å². The Bertz CT molecular complexity index is 892. The van der Waals surface area contributed by atoms with E-state index >= 15 is 0 Å². The zero-order valence-corrected chi connectivity index (χ0v) is 14.2. The number of hydrogen-bond acceptors (Lipinski definition) is 3. The van der Waals surface area contributed by atoms with E-state index in [2.05, 4.69) is 17.9 Å². The molecule has 0 atom stereocenters. The van der Waals surface area contributed by atoms with E-state index in [0.29, 0.717) is 10.6 Å². The predicted molar refractivity (Wildman–Crippen MR) is 95.6 cm³/mol. The van der Waals surface area contributed by atoms with Crippen LogP contribution in [0.25, 0.3) is 12.2 Å². The number of hydrogen-bond donors (Lipinski definition) is 2. The Hall–Kier alpha value is -1.95. The minimum atomic E-state index is -3.88. The fourth-order valence-corrected chi connectivity index (χ4v) is 3.60. The van der Waals surface area contributed by atoms with E-state index < -0.39 is 10.0 Å². The van der Waals surface area contributed by atoms with Crippen molar-refractivity contribution in [2.24, 2.45) is 0 Å². The van der Waals surface area contributed by atoms with Crippen molar-refractivity contribution >= 4 is 51.1 Å². The molecule has 0 aliphatic heterocycles. The topological polar surface area (TPSA) is 66.4 Å². The number of anilines is 1. The highest BCUT2D eigenvalue weighted by Gasteiger charge is 2.19. The molecule has 0 heterocycles. The van der Waals surface area contributed by atoms with Gasteiger partial charge in [-0.2, -0.15) is 0 Å². The maximum absolute atomic E-state index is 12.5. The minimum absolute atomic E-state index is 0.00404.